The summed E-state index contributed by atoms with van der Waals surface area (Å²) in [4.78, 5) is 4.31. The van der Waals surface area contributed by atoms with Gasteiger partial charge in [-0.05, 0) is 50.9 Å². The zero-order valence-electron chi connectivity index (χ0n) is 9.86. The van der Waals surface area contributed by atoms with E-state index in [1.54, 1.807) is 0 Å². The van der Waals surface area contributed by atoms with E-state index < -0.39 is 0 Å². The highest BCUT2D eigenvalue weighted by Gasteiger charge is 2.15. The highest BCUT2D eigenvalue weighted by molar-refractivity contribution is 5.05. The normalized spacial score (nSPS) is 19.6. The van der Waals surface area contributed by atoms with Gasteiger partial charge in [-0.3, -0.25) is 4.98 Å². The average molecular weight is 220 g/mol. The molecule has 0 saturated carbocycles. The van der Waals surface area contributed by atoms with E-state index in [9.17, 15) is 0 Å². The van der Waals surface area contributed by atoms with Crippen LogP contribution in [0, 0.1) is 5.92 Å². The highest BCUT2D eigenvalue weighted by Crippen LogP contribution is 2.18. The van der Waals surface area contributed by atoms with Gasteiger partial charge in [0.25, 0.3) is 0 Å². The molecular formula is C13H20N2O. The molecule has 1 aromatic heterocycles. The summed E-state index contributed by atoms with van der Waals surface area (Å²) in [7, 11) is 0. The van der Waals surface area contributed by atoms with Crippen LogP contribution in [0.15, 0.2) is 24.4 Å². The molecule has 1 atom stereocenters. The van der Waals surface area contributed by atoms with Crippen molar-refractivity contribution in [3.8, 4) is 0 Å². The van der Waals surface area contributed by atoms with Gasteiger partial charge < -0.3 is 10.1 Å². The SMILES string of the molecule is C[C@@H](OCC1CCNCC1)c1ccccn1. The number of pyridine rings is 1. The summed E-state index contributed by atoms with van der Waals surface area (Å²) in [5.74, 6) is 0.715. The van der Waals surface area contributed by atoms with E-state index >= 15 is 0 Å². The molecule has 3 heteroatoms. The first kappa shape index (κ1) is 11.6. The van der Waals surface area contributed by atoms with Gasteiger partial charge in [0, 0.05) is 6.20 Å². The Bertz CT molecular complexity index is 296. The smallest absolute Gasteiger partial charge is 0.0966 e. The Morgan fingerprint density at radius 3 is 2.94 bits per heavy atom. The van der Waals surface area contributed by atoms with E-state index in [1.807, 2.05) is 24.4 Å². The third kappa shape index (κ3) is 3.29. The molecule has 0 unspecified atom stereocenters. The first-order chi connectivity index (χ1) is 7.86. The molecule has 88 valence electrons. The van der Waals surface area contributed by atoms with Crippen molar-refractivity contribution in [1.82, 2.24) is 10.3 Å². The van der Waals surface area contributed by atoms with Crippen molar-refractivity contribution in [2.24, 2.45) is 5.92 Å². The molecule has 0 amide bonds. The number of nitrogens with one attached hydrogen (secondary N) is 1. The largest absolute Gasteiger partial charge is 0.372 e. The zero-order chi connectivity index (χ0) is 11.2. The lowest BCUT2D eigenvalue weighted by Crippen LogP contribution is -2.30. The Morgan fingerprint density at radius 2 is 2.25 bits per heavy atom. The van der Waals surface area contributed by atoms with Crippen LogP contribution in [-0.4, -0.2) is 24.7 Å². The second-order valence-corrected chi connectivity index (χ2v) is 4.42. The maximum atomic E-state index is 5.88. The van der Waals surface area contributed by atoms with Gasteiger partial charge in [0.1, 0.15) is 0 Å². The van der Waals surface area contributed by atoms with Crippen molar-refractivity contribution in [1.29, 1.82) is 0 Å². The van der Waals surface area contributed by atoms with E-state index in [0.717, 1.165) is 25.4 Å². The van der Waals surface area contributed by atoms with Gasteiger partial charge in [-0.25, -0.2) is 0 Å². The summed E-state index contributed by atoms with van der Waals surface area (Å²) < 4.78 is 5.88. The Hall–Kier alpha value is -0.930. The van der Waals surface area contributed by atoms with E-state index in [-0.39, 0.29) is 6.10 Å². The molecule has 0 aliphatic carbocycles. The molecule has 1 N–H and O–H groups in total. The zero-order valence-corrected chi connectivity index (χ0v) is 9.86. The molecule has 1 aromatic rings. The number of hydrogen-bond donors (Lipinski definition) is 1. The van der Waals surface area contributed by atoms with Crippen LogP contribution in [0.3, 0.4) is 0 Å². The van der Waals surface area contributed by atoms with Crippen molar-refractivity contribution in [3.63, 3.8) is 0 Å². The van der Waals surface area contributed by atoms with E-state index in [4.69, 9.17) is 4.74 Å². The predicted molar refractivity (Wildman–Crippen MR) is 64.2 cm³/mol. The average Bonchev–Trinajstić information content (AvgIpc) is 2.38. The number of rotatable bonds is 4. The predicted octanol–water partition coefficient (Wildman–Crippen LogP) is 2.16. The van der Waals surface area contributed by atoms with Crippen molar-refractivity contribution >= 4 is 0 Å². The van der Waals surface area contributed by atoms with E-state index in [1.165, 1.54) is 12.8 Å². The quantitative estimate of drug-likeness (QED) is 0.844. The van der Waals surface area contributed by atoms with Crippen molar-refractivity contribution in [2.75, 3.05) is 19.7 Å². The fourth-order valence-corrected chi connectivity index (χ4v) is 2.03. The van der Waals surface area contributed by atoms with Crippen LogP contribution >= 0.6 is 0 Å². The molecular weight excluding hydrogens is 200 g/mol. The van der Waals surface area contributed by atoms with Crippen molar-refractivity contribution < 1.29 is 4.74 Å². The molecule has 1 saturated heterocycles. The molecule has 1 aliphatic rings. The van der Waals surface area contributed by atoms with Crippen LogP contribution in [-0.2, 0) is 4.74 Å². The summed E-state index contributed by atoms with van der Waals surface area (Å²) in [5.41, 5.74) is 1.02. The fraction of sp³-hybridized carbons (Fsp3) is 0.615. The molecule has 2 rings (SSSR count). The van der Waals surface area contributed by atoms with Gasteiger partial charge in [-0.2, -0.15) is 0 Å². The Labute approximate surface area is 97.2 Å². The Morgan fingerprint density at radius 1 is 1.44 bits per heavy atom. The minimum atomic E-state index is 0.107. The lowest BCUT2D eigenvalue weighted by atomic mass is 9.99. The molecule has 16 heavy (non-hydrogen) atoms. The first-order valence-electron chi connectivity index (χ1n) is 6.09. The van der Waals surface area contributed by atoms with E-state index in [2.05, 4.69) is 17.2 Å². The van der Waals surface area contributed by atoms with Crippen LogP contribution in [0.2, 0.25) is 0 Å². The van der Waals surface area contributed by atoms with Gasteiger partial charge in [0.2, 0.25) is 0 Å². The summed E-state index contributed by atoms with van der Waals surface area (Å²) >= 11 is 0. The number of ether oxygens (including phenoxy) is 1. The van der Waals surface area contributed by atoms with Crippen LogP contribution < -0.4 is 5.32 Å². The second kappa shape index (κ2) is 5.97. The highest BCUT2D eigenvalue weighted by atomic mass is 16.5. The van der Waals surface area contributed by atoms with Crippen LogP contribution in [0.5, 0.6) is 0 Å². The van der Waals surface area contributed by atoms with Crippen molar-refractivity contribution in [2.45, 2.75) is 25.9 Å². The molecule has 1 aliphatic heterocycles. The Balaban J connectivity index is 1.77. The standard InChI is InChI=1S/C13H20N2O/c1-11(13-4-2-3-7-15-13)16-10-12-5-8-14-9-6-12/h2-4,7,11-12,14H,5-6,8-10H2,1H3/t11-/m1/s1. The summed E-state index contributed by atoms with van der Waals surface area (Å²) in [6.07, 6.45) is 4.39. The Kier molecular flexibility index (Phi) is 4.31. The monoisotopic (exact) mass is 220 g/mol. The molecule has 1 fully saturated rings. The number of hydrogen-bond acceptors (Lipinski definition) is 3. The number of piperidine rings is 1. The second-order valence-electron chi connectivity index (χ2n) is 4.42. The lowest BCUT2D eigenvalue weighted by Gasteiger charge is -2.24. The minimum Gasteiger partial charge on any atom is -0.372 e. The molecule has 3 nitrogen and oxygen atoms in total. The molecule has 2 heterocycles. The van der Waals surface area contributed by atoms with Gasteiger partial charge in [-0.15, -0.1) is 0 Å². The minimum absolute atomic E-state index is 0.107. The molecule has 0 aromatic carbocycles. The summed E-state index contributed by atoms with van der Waals surface area (Å²) in [5, 5.41) is 3.37. The van der Waals surface area contributed by atoms with Gasteiger partial charge >= 0.3 is 0 Å². The van der Waals surface area contributed by atoms with Crippen LogP contribution in [0.1, 0.15) is 31.6 Å². The number of aromatic nitrogens is 1. The van der Waals surface area contributed by atoms with Gasteiger partial charge in [0.05, 0.1) is 18.4 Å². The summed E-state index contributed by atoms with van der Waals surface area (Å²) in [6, 6.07) is 5.96. The number of nitrogens with zero attached hydrogens (tertiary/aromatic N) is 1. The third-order valence-corrected chi connectivity index (χ3v) is 3.14. The lowest BCUT2D eigenvalue weighted by molar-refractivity contribution is 0.0297. The molecule has 0 radical (unpaired) electrons. The maximum Gasteiger partial charge on any atom is 0.0966 e. The first-order valence-corrected chi connectivity index (χ1v) is 6.09. The third-order valence-electron chi connectivity index (χ3n) is 3.14. The topological polar surface area (TPSA) is 34.1 Å². The van der Waals surface area contributed by atoms with Crippen LogP contribution in [0.25, 0.3) is 0 Å². The maximum absolute atomic E-state index is 5.88. The van der Waals surface area contributed by atoms with E-state index in [0.29, 0.717) is 5.92 Å². The molecule has 0 bridgehead atoms. The fourth-order valence-electron chi connectivity index (χ4n) is 2.03. The van der Waals surface area contributed by atoms with Gasteiger partial charge in [-0.1, -0.05) is 6.07 Å². The van der Waals surface area contributed by atoms with Crippen molar-refractivity contribution in [3.05, 3.63) is 30.1 Å². The molecule has 0 spiro atoms. The van der Waals surface area contributed by atoms with Crippen LogP contribution in [0.4, 0.5) is 0 Å². The van der Waals surface area contributed by atoms with Gasteiger partial charge in [0.15, 0.2) is 0 Å². The summed E-state index contributed by atoms with van der Waals surface area (Å²) in [6.45, 7) is 5.20.